The molecule has 1 atom stereocenters. The Kier molecular flexibility index (Phi) is 5.01. The molecule has 6 heteroatoms. The van der Waals surface area contributed by atoms with Crippen LogP contribution in [0.1, 0.15) is 45.8 Å². The molecule has 1 aromatic heterocycles. The van der Waals surface area contributed by atoms with Gasteiger partial charge < -0.3 is 9.15 Å². The third-order valence-corrected chi connectivity index (χ3v) is 6.11. The largest absolute Gasteiger partial charge is 0.494 e. The van der Waals surface area contributed by atoms with Crippen LogP contribution in [0, 0.1) is 19.7 Å². The number of fused-ring (bicyclic) bond motifs is 2. The zero-order valence-corrected chi connectivity index (χ0v) is 18.5. The Balaban J connectivity index is 1.77. The van der Waals surface area contributed by atoms with E-state index in [0.717, 1.165) is 22.8 Å². The first-order valence-electron chi connectivity index (χ1n) is 10.8. The fourth-order valence-electron chi connectivity index (χ4n) is 4.32. The van der Waals surface area contributed by atoms with Crippen LogP contribution in [0.3, 0.4) is 0 Å². The molecule has 5 nitrogen and oxygen atoms in total. The lowest BCUT2D eigenvalue weighted by Crippen LogP contribution is -2.29. The first kappa shape index (κ1) is 20.9. The van der Waals surface area contributed by atoms with E-state index in [1.807, 2.05) is 63.2 Å². The standard InChI is InChI=1S/C27H22FNO4/c1-4-32-20-10-6-17(7-11-20)24-23-25(30)21-14-18(28)8-12-22(21)33-26(23)27(31)29(24)19-9-5-15(2)16(3)13-19/h5-14,24H,4H2,1-3H3. The third-order valence-electron chi connectivity index (χ3n) is 6.11. The van der Waals surface area contributed by atoms with Crippen molar-refractivity contribution in [3.05, 3.63) is 105 Å². The van der Waals surface area contributed by atoms with Crippen molar-refractivity contribution in [2.45, 2.75) is 26.8 Å². The van der Waals surface area contributed by atoms with Crippen molar-refractivity contribution < 1.29 is 18.3 Å². The quantitative estimate of drug-likeness (QED) is 0.406. The van der Waals surface area contributed by atoms with Gasteiger partial charge in [-0.1, -0.05) is 18.2 Å². The molecular formula is C27H22FNO4. The SMILES string of the molecule is CCOc1ccc(C2c3c(oc4ccc(F)cc4c3=O)C(=O)N2c2ccc(C)c(C)c2)cc1. The molecule has 0 saturated carbocycles. The second-order valence-corrected chi connectivity index (χ2v) is 8.16. The second kappa shape index (κ2) is 7.89. The van der Waals surface area contributed by atoms with Gasteiger partial charge in [0.05, 0.1) is 23.6 Å². The van der Waals surface area contributed by atoms with Gasteiger partial charge in [0.1, 0.15) is 17.1 Å². The molecule has 0 N–H and O–H groups in total. The number of rotatable bonds is 4. The minimum Gasteiger partial charge on any atom is -0.494 e. The Morgan fingerprint density at radius 2 is 1.73 bits per heavy atom. The van der Waals surface area contributed by atoms with Crippen molar-refractivity contribution >= 4 is 22.6 Å². The molecule has 1 aliphatic heterocycles. The second-order valence-electron chi connectivity index (χ2n) is 8.16. The van der Waals surface area contributed by atoms with Crippen molar-refractivity contribution in [3.8, 4) is 5.75 Å². The normalized spacial score (nSPS) is 15.2. The van der Waals surface area contributed by atoms with Crippen LogP contribution in [0.15, 0.2) is 69.9 Å². The van der Waals surface area contributed by atoms with Gasteiger partial charge in [-0.05, 0) is 79.9 Å². The summed E-state index contributed by atoms with van der Waals surface area (Å²) in [6.07, 6.45) is 0. The Morgan fingerprint density at radius 1 is 0.970 bits per heavy atom. The number of amides is 1. The van der Waals surface area contributed by atoms with Crippen LogP contribution >= 0.6 is 0 Å². The molecule has 5 rings (SSSR count). The summed E-state index contributed by atoms with van der Waals surface area (Å²) >= 11 is 0. The maximum Gasteiger partial charge on any atom is 0.295 e. The van der Waals surface area contributed by atoms with E-state index in [1.165, 1.54) is 12.1 Å². The van der Waals surface area contributed by atoms with Crippen molar-refractivity contribution in [1.29, 1.82) is 0 Å². The number of anilines is 1. The maximum atomic E-state index is 13.9. The monoisotopic (exact) mass is 443 g/mol. The Hall–Kier alpha value is -3.93. The summed E-state index contributed by atoms with van der Waals surface area (Å²) in [5, 5.41) is 0.111. The molecule has 0 radical (unpaired) electrons. The summed E-state index contributed by atoms with van der Waals surface area (Å²) in [4.78, 5) is 28.7. The molecule has 1 unspecified atom stereocenters. The summed E-state index contributed by atoms with van der Waals surface area (Å²) in [6.45, 7) is 6.39. The van der Waals surface area contributed by atoms with Gasteiger partial charge in [0.25, 0.3) is 5.91 Å². The molecule has 0 aliphatic carbocycles. The Morgan fingerprint density at radius 3 is 2.42 bits per heavy atom. The first-order valence-corrected chi connectivity index (χ1v) is 10.8. The van der Waals surface area contributed by atoms with Gasteiger partial charge >= 0.3 is 0 Å². The highest BCUT2D eigenvalue weighted by Crippen LogP contribution is 2.42. The van der Waals surface area contributed by atoms with E-state index in [2.05, 4.69) is 0 Å². The van der Waals surface area contributed by atoms with Crippen LogP contribution < -0.4 is 15.1 Å². The Labute approximate surface area is 190 Å². The van der Waals surface area contributed by atoms with E-state index in [9.17, 15) is 14.0 Å². The number of nitrogens with zero attached hydrogens (tertiary/aromatic N) is 1. The summed E-state index contributed by atoms with van der Waals surface area (Å²) in [6, 6.07) is 16.0. The molecule has 0 saturated heterocycles. The van der Waals surface area contributed by atoms with E-state index in [0.29, 0.717) is 18.0 Å². The molecule has 1 aliphatic rings. The van der Waals surface area contributed by atoms with E-state index < -0.39 is 23.2 Å². The van der Waals surface area contributed by atoms with Crippen LogP contribution in [0.2, 0.25) is 0 Å². The fourth-order valence-corrected chi connectivity index (χ4v) is 4.32. The van der Waals surface area contributed by atoms with Crippen LogP contribution in [-0.2, 0) is 0 Å². The molecule has 3 aromatic carbocycles. The number of carbonyl (C=O) groups is 1. The van der Waals surface area contributed by atoms with Crippen molar-refractivity contribution in [1.82, 2.24) is 0 Å². The number of carbonyl (C=O) groups excluding carboxylic acids is 1. The highest BCUT2D eigenvalue weighted by molar-refractivity contribution is 6.10. The van der Waals surface area contributed by atoms with Crippen LogP contribution in [-0.4, -0.2) is 12.5 Å². The van der Waals surface area contributed by atoms with Gasteiger partial charge in [0.2, 0.25) is 5.76 Å². The van der Waals surface area contributed by atoms with Gasteiger partial charge in [0, 0.05) is 5.69 Å². The molecule has 2 heterocycles. The lowest BCUT2D eigenvalue weighted by atomic mass is 9.97. The molecule has 0 spiro atoms. The van der Waals surface area contributed by atoms with Crippen LogP contribution in [0.5, 0.6) is 5.75 Å². The Bertz CT molecular complexity index is 1460. The number of ether oxygens (including phenoxy) is 1. The summed E-state index contributed by atoms with van der Waals surface area (Å²) in [7, 11) is 0. The molecular weight excluding hydrogens is 421 g/mol. The van der Waals surface area contributed by atoms with Crippen molar-refractivity contribution in [3.63, 3.8) is 0 Å². The van der Waals surface area contributed by atoms with Gasteiger partial charge in [0.15, 0.2) is 5.43 Å². The number of benzene rings is 3. The number of hydrogen-bond acceptors (Lipinski definition) is 4. The first-order chi connectivity index (χ1) is 15.9. The van der Waals surface area contributed by atoms with Gasteiger partial charge in [-0.25, -0.2) is 4.39 Å². The van der Waals surface area contributed by atoms with Gasteiger partial charge in [-0.15, -0.1) is 0 Å². The third kappa shape index (κ3) is 3.39. The minimum atomic E-state index is -0.714. The van der Waals surface area contributed by atoms with E-state index >= 15 is 0 Å². The molecule has 0 bridgehead atoms. The van der Waals surface area contributed by atoms with Gasteiger partial charge in [-0.3, -0.25) is 14.5 Å². The molecule has 1 amide bonds. The summed E-state index contributed by atoms with van der Waals surface area (Å²) < 4.78 is 25.4. The lowest BCUT2D eigenvalue weighted by molar-refractivity contribution is 0.0971. The number of aryl methyl sites for hydroxylation is 2. The molecule has 0 fully saturated rings. The van der Waals surface area contributed by atoms with E-state index in [4.69, 9.17) is 9.15 Å². The summed E-state index contributed by atoms with van der Waals surface area (Å²) in [5.41, 5.74) is 3.48. The van der Waals surface area contributed by atoms with E-state index in [1.54, 1.807) is 4.90 Å². The smallest absolute Gasteiger partial charge is 0.295 e. The highest BCUT2D eigenvalue weighted by atomic mass is 19.1. The van der Waals surface area contributed by atoms with Gasteiger partial charge in [-0.2, -0.15) is 0 Å². The molecule has 4 aromatic rings. The maximum absolute atomic E-state index is 13.9. The zero-order valence-electron chi connectivity index (χ0n) is 18.5. The average Bonchev–Trinajstić information content (AvgIpc) is 3.09. The zero-order chi connectivity index (χ0) is 23.3. The van der Waals surface area contributed by atoms with Crippen molar-refractivity contribution in [2.75, 3.05) is 11.5 Å². The van der Waals surface area contributed by atoms with Crippen molar-refractivity contribution in [2.24, 2.45) is 0 Å². The number of halogens is 1. The predicted molar refractivity (Wildman–Crippen MR) is 125 cm³/mol. The topological polar surface area (TPSA) is 59.8 Å². The van der Waals surface area contributed by atoms with Crippen LogP contribution in [0.25, 0.3) is 11.0 Å². The molecule has 33 heavy (non-hydrogen) atoms. The molecule has 166 valence electrons. The number of hydrogen-bond donors (Lipinski definition) is 0. The fraction of sp³-hybridized carbons (Fsp3) is 0.185. The lowest BCUT2D eigenvalue weighted by Gasteiger charge is -2.26. The minimum absolute atomic E-state index is 0.0174. The predicted octanol–water partition coefficient (Wildman–Crippen LogP) is 5.70. The average molecular weight is 443 g/mol. The van der Waals surface area contributed by atoms with E-state index in [-0.39, 0.29) is 22.3 Å². The summed E-state index contributed by atoms with van der Waals surface area (Å²) in [5.74, 6) is -0.273. The highest BCUT2D eigenvalue weighted by Gasteiger charge is 2.43. The van der Waals surface area contributed by atoms with Crippen LogP contribution in [0.4, 0.5) is 10.1 Å².